The van der Waals surface area contributed by atoms with Gasteiger partial charge in [-0.3, -0.25) is 0 Å². The first-order valence-electron chi connectivity index (χ1n) is 6.43. The van der Waals surface area contributed by atoms with Crippen LogP contribution in [0.4, 0.5) is 0 Å². The maximum atomic E-state index is 5.32. The molecule has 2 nitrogen and oxygen atoms in total. The molecule has 0 bridgehead atoms. The quantitative estimate of drug-likeness (QED) is 0.817. The number of aryl methyl sites for hydroxylation is 1. The Morgan fingerprint density at radius 1 is 1.24 bits per heavy atom. The zero-order valence-electron chi connectivity index (χ0n) is 11.8. The Hall–Kier alpha value is -1.02. The number of benzene rings is 1. The van der Waals surface area contributed by atoms with Crippen molar-refractivity contribution in [2.45, 2.75) is 39.0 Å². The van der Waals surface area contributed by atoms with Crippen LogP contribution in [0.3, 0.4) is 0 Å². The fourth-order valence-corrected chi connectivity index (χ4v) is 2.56. The molecule has 0 radical (unpaired) electrons. The molecule has 0 saturated carbocycles. The van der Waals surface area contributed by atoms with Gasteiger partial charge in [-0.1, -0.05) is 26.0 Å². The Morgan fingerprint density at radius 2 is 1.88 bits per heavy atom. The lowest BCUT2D eigenvalue weighted by Gasteiger charge is -2.32. The van der Waals surface area contributed by atoms with Gasteiger partial charge in [-0.05, 0) is 44.0 Å². The van der Waals surface area contributed by atoms with Gasteiger partial charge in [0.1, 0.15) is 5.75 Å². The second-order valence-corrected chi connectivity index (χ2v) is 4.70. The van der Waals surface area contributed by atoms with Crippen LogP contribution in [0.25, 0.3) is 0 Å². The summed E-state index contributed by atoms with van der Waals surface area (Å²) in [5.41, 5.74) is 2.87. The summed E-state index contributed by atoms with van der Waals surface area (Å²) in [5.74, 6) is 0.972. The molecule has 17 heavy (non-hydrogen) atoms. The predicted octanol–water partition coefficient (Wildman–Crippen LogP) is 3.28. The maximum Gasteiger partial charge on any atom is 0.121 e. The molecule has 1 N–H and O–H groups in total. The maximum absolute atomic E-state index is 5.32. The van der Waals surface area contributed by atoms with Crippen molar-refractivity contribution in [3.8, 4) is 5.75 Å². The Morgan fingerprint density at radius 3 is 2.29 bits per heavy atom. The van der Waals surface area contributed by atoms with Crippen LogP contribution < -0.4 is 10.1 Å². The van der Waals surface area contributed by atoms with Crippen molar-refractivity contribution in [2.24, 2.45) is 0 Å². The highest BCUT2D eigenvalue weighted by Gasteiger charge is 2.27. The summed E-state index contributed by atoms with van der Waals surface area (Å²) in [6, 6.07) is 6.56. The Labute approximate surface area is 105 Å². The molecule has 0 heterocycles. The van der Waals surface area contributed by atoms with Gasteiger partial charge >= 0.3 is 0 Å². The van der Waals surface area contributed by atoms with Gasteiger partial charge in [0.25, 0.3) is 0 Å². The van der Waals surface area contributed by atoms with Crippen molar-refractivity contribution in [1.82, 2.24) is 5.32 Å². The lowest BCUT2D eigenvalue weighted by atomic mass is 9.75. The molecule has 1 aromatic carbocycles. The molecule has 0 aliphatic heterocycles. The Kier molecular flexibility index (Phi) is 5.01. The molecule has 0 atom stereocenters. The minimum Gasteiger partial charge on any atom is -0.496 e. The number of likely N-dealkylation sites (N-methyl/N-ethyl adjacent to an activating group) is 1. The summed E-state index contributed by atoms with van der Waals surface area (Å²) in [4.78, 5) is 0. The predicted molar refractivity (Wildman–Crippen MR) is 73.9 cm³/mol. The summed E-state index contributed by atoms with van der Waals surface area (Å²) >= 11 is 0. The van der Waals surface area contributed by atoms with Crippen LogP contribution in [0.15, 0.2) is 18.2 Å². The fraction of sp³-hybridized carbons (Fsp3) is 0.600. The molecule has 1 aromatic rings. The summed E-state index contributed by atoms with van der Waals surface area (Å²) in [5, 5.41) is 3.33. The minimum atomic E-state index is 0.242. The van der Waals surface area contributed by atoms with Gasteiger partial charge in [-0.15, -0.1) is 0 Å². The number of hydrogen-bond acceptors (Lipinski definition) is 2. The highest BCUT2D eigenvalue weighted by molar-refractivity contribution is 5.39. The highest BCUT2D eigenvalue weighted by Crippen LogP contribution is 2.33. The molecule has 0 aliphatic carbocycles. The minimum absolute atomic E-state index is 0.242. The van der Waals surface area contributed by atoms with Crippen LogP contribution in [0.2, 0.25) is 0 Å². The van der Waals surface area contributed by atoms with E-state index in [1.54, 1.807) is 7.11 Å². The number of hydrogen-bond donors (Lipinski definition) is 1. The number of methoxy groups -OCH3 is 1. The molecule has 0 unspecified atom stereocenters. The van der Waals surface area contributed by atoms with E-state index in [9.17, 15) is 0 Å². The normalized spacial score (nSPS) is 11.6. The number of nitrogens with one attached hydrogen (secondary N) is 1. The van der Waals surface area contributed by atoms with Crippen LogP contribution in [0, 0.1) is 6.92 Å². The van der Waals surface area contributed by atoms with Gasteiger partial charge in [-0.2, -0.15) is 0 Å². The topological polar surface area (TPSA) is 21.3 Å². The second-order valence-electron chi connectivity index (χ2n) is 4.70. The zero-order valence-corrected chi connectivity index (χ0v) is 11.8. The van der Waals surface area contributed by atoms with E-state index in [4.69, 9.17) is 4.74 Å². The molecule has 96 valence electrons. The summed E-state index contributed by atoms with van der Waals surface area (Å²) in [7, 11) is 3.75. The Balaban J connectivity index is 3.14. The largest absolute Gasteiger partial charge is 0.496 e. The van der Waals surface area contributed by atoms with E-state index >= 15 is 0 Å². The van der Waals surface area contributed by atoms with E-state index < -0.39 is 0 Å². The van der Waals surface area contributed by atoms with Crippen LogP contribution in [0.5, 0.6) is 5.75 Å². The lowest BCUT2D eigenvalue weighted by molar-refractivity contribution is 0.378. The van der Waals surface area contributed by atoms with Gasteiger partial charge in [0.15, 0.2) is 0 Å². The third-order valence-corrected chi connectivity index (χ3v) is 3.88. The van der Waals surface area contributed by atoms with Gasteiger partial charge in [0, 0.05) is 12.0 Å². The van der Waals surface area contributed by atoms with Gasteiger partial charge in [0.2, 0.25) is 0 Å². The van der Waals surface area contributed by atoms with Crippen molar-refractivity contribution in [3.05, 3.63) is 29.3 Å². The van der Waals surface area contributed by atoms with Gasteiger partial charge in [-0.25, -0.2) is 0 Å². The van der Waals surface area contributed by atoms with Crippen LogP contribution in [0.1, 0.15) is 37.8 Å². The Bertz CT molecular complexity index is 356. The van der Waals surface area contributed by atoms with Crippen molar-refractivity contribution >= 4 is 0 Å². The zero-order chi connectivity index (χ0) is 12.9. The molecule has 2 heteroatoms. The van der Waals surface area contributed by atoms with E-state index in [-0.39, 0.29) is 5.41 Å². The van der Waals surface area contributed by atoms with E-state index in [0.29, 0.717) is 0 Å². The van der Waals surface area contributed by atoms with Crippen molar-refractivity contribution in [2.75, 3.05) is 20.7 Å². The summed E-state index contributed by atoms with van der Waals surface area (Å²) in [6.45, 7) is 7.66. The SMILES string of the molecule is CCC(CC)(CNC)c1ccc(OC)c(C)c1. The van der Waals surface area contributed by atoms with Crippen LogP contribution >= 0.6 is 0 Å². The number of ether oxygens (including phenoxy) is 1. The van der Waals surface area contributed by atoms with Crippen molar-refractivity contribution < 1.29 is 4.74 Å². The monoisotopic (exact) mass is 235 g/mol. The molecule has 0 amide bonds. The summed E-state index contributed by atoms with van der Waals surface area (Å²) in [6.07, 6.45) is 2.30. The van der Waals surface area contributed by atoms with Crippen LogP contribution in [-0.2, 0) is 5.41 Å². The second kappa shape index (κ2) is 6.06. The first-order valence-corrected chi connectivity index (χ1v) is 6.43. The number of rotatable bonds is 6. The average molecular weight is 235 g/mol. The third-order valence-electron chi connectivity index (χ3n) is 3.88. The van der Waals surface area contributed by atoms with Crippen molar-refractivity contribution in [1.29, 1.82) is 0 Å². The molecule has 0 fully saturated rings. The van der Waals surface area contributed by atoms with E-state index in [2.05, 4.69) is 44.3 Å². The first kappa shape index (κ1) is 14.0. The first-order chi connectivity index (χ1) is 8.13. The van der Waals surface area contributed by atoms with Gasteiger partial charge in [0.05, 0.1) is 7.11 Å². The smallest absolute Gasteiger partial charge is 0.121 e. The lowest BCUT2D eigenvalue weighted by Crippen LogP contribution is -2.35. The molecule has 0 saturated heterocycles. The average Bonchev–Trinajstić information content (AvgIpc) is 2.36. The van der Waals surface area contributed by atoms with E-state index in [0.717, 1.165) is 25.1 Å². The highest BCUT2D eigenvalue weighted by atomic mass is 16.5. The molecule has 0 spiro atoms. The van der Waals surface area contributed by atoms with Crippen LogP contribution in [-0.4, -0.2) is 20.7 Å². The van der Waals surface area contributed by atoms with Crippen molar-refractivity contribution in [3.63, 3.8) is 0 Å². The standard InChI is InChI=1S/C15H25NO/c1-6-15(7-2,11-16-4)13-8-9-14(17-5)12(3)10-13/h8-10,16H,6-7,11H2,1-5H3. The van der Waals surface area contributed by atoms with E-state index in [1.807, 2.05) is 7.05 Å². The molecule has 0 aromatic heterocycles. The molecular formula is C15H25NO. The third kappa shape index (κ3) is 2.81. The van der Waals surface area contributed by atoms with E-state index in [1.165, 1.54) is 11.1 Å². The summed E-state index contributed by atoms with van der Waals surface area (Å²) < 4.78 is 5.32. The molecule has 0 aliphatic rings. The molecule has 1 rings (SSSR count). The van der Waals surface area contributed by atoms with Gasteiger partial charge < -0.3 is 10.1 Å². The fourth-order valence-electron chi connectivity index (χ4n) is 2.56. The molecular weight excluding hydrogens is 210 g/mol.